The maximum Gasteiger partial charge on any atom is -0.0127 e. The molecule has 0 nitrogen and oxygen atoms in total. The lowest BCUT2D eigenvalue weighted by Gasteiger charge is -2.25. The minimum atomic E-state index is 0.186. The Morgan fingerprint density at radius 3 is 1.64 bits per heavy atom. The van der Waals surface area contributed by atoms with Gasteiger partial charge < -0.3 is 0 Å². The molecule has 0 spiro atoms. The molecule has 0 fully saturated rings. The van der Waals surface area contributed by atoms with Gasteiger partial charge in [-0.3, -0.25) is 0 Å². The molecule has 0 unspecified atom stereocenters. The van der Waals surface area contributed by atoms with Crippen molar-refractivity contribution < 1.29 is 0 Å². The molecule has 0 aliphatic rings. The Labute approximate surface area is 136 Å². The van der Waals surface area contributed by atoms with Crippen molar-refractivity contribution >= 4 is 0 Å². The molecule has 118 valence electrons. The van der Waals surface area contributed by atoms with Crippen LogP contribution in [0.25, 0.3) is 11.1 Å². The summed E-state index contributed by atoms with van der Waals surface area (Å²) >= 11 is 0. The summed E-state index contributed by atoms with van der Waals surface area (Å²) in [6.07, 6.45) is 0. The molecule has 0 atom stereocenters. The first kappa shape index (κ1) is 16.8. The van der Waals surface area contributed by atoms with Gasteiger partial charge in [-0.05, 0) is 58.1 Å². The van der Waals surface area contributed by atoms with Crippen molar-refractivity contribution in [3.63, 3.8) is 0 Å². The highest BCUT2D eigenvalue weighted by atomic mass is 14.2. The predicted octanol–water partition coefficient (Wildman–Crippen LogP) is 6.57. The Hall–Kier alpha value is -1.56. The smallest absolute Gasteiger partial charge is 0.0127 e. The first-order chi connectivity index (χ1) is 10.00. The van der Waals surface area contributed by atoms with Crippen LogP contribution in [0.4, 0.5) is 0 Å². The molecule has 0 saturated heterocycles. The molecule has 0 aliphatic heterocycles. The molecular formula is C22H30. The monoisotopic (exact) mass is 294 g/mol. The van der Waals surface area contributed by atoms with Crippen molar-refractivity contribution in [3.05, 3.63) is 58.7 Å². The Morgan fingerprint density at radius 1 is 0.636 bits per heavy atom. The van der Waals surface area contributed by atoms with E-state index in [0.717, 1.165) is 0 Å². The zero-order chi connectivity index (χ0) is 16.7. The van der Waals surface area contributed by atoms with Gasteiger partial charge in [-0.2, -0.15) is 0 Å². The summed E-state index contributed by atoms with van der Waals surface area (Å²) in [6, 6.07) is 13.7. The maximum absolute atomic E-state index is 2.34. The molecule has 2 aromatic rings. The highest BCUT2D eigenvalue weighted by Crippen LogP contribution is 2.34. The van der Waals surface area contributed by atoms with Crippen LogP contribution in [0.1, 0.15) is 63.8 Å². The number of hydrogen-bond donors (Lipinski definition) is 0. The van der Waals surface area contributed by atoms with E-state index < -0.39 is 0 Å². The van der Waals surface area contributed by atoms with Crippen LogP contribution in [0.5, 0.6) is 0 Å². The lowest BCUT2D eigenvalue weighted by Crippen LogP contribution is -2.15. The summed E-state index contributed by atoms with van der Waals surface area (Å²) in [5, 5.41) is 0. The lowest BCUT2D eigenvalue weighted by atomic mass is 9.79. The average molecular weight is 294 g/mol. The minimum absolute atomic E-state index is 0.186. The third kappa shape index (κ3) is 3.43. The van der Waals surface area contributed by atoms with E-state index in [1.807, 2.05) is 0 Å². The molecular weight excluding hydrogens is 264 g/mol. The van der Waals surface area contributed by atoms with E-state index in [1.54, 1.807) is 0 Å². The standard InChI is InChI=1S/C22H30/c1-15-12-18(13-16(2)20(15)22(6,7)8)17-10-9-11-19(14-17)21(3,4)5/h9-14H,1-8H3. The van der Waals surface area contributed by atoms with E-state index in [9.17, 15) is 0 Å². The second-order valence-electron chi connectivity index (χ2n) is 8.57. The fourth-order valence-electron chi connectivity index (χ4n) is 3.48. The fourth-order valence-corrected chi connectivity index (χ4v) is 3.48. The number of aryl methyl sites for hydroxylation is 2. The van der Waals surface area contributed by atoms with Gasteiger partial charge in [-0.15, -0.1) is 0 Å². The molecule has 0 N–H and O–H groups in total. The third-order valence-electron chi connectivity index (χ3n) is 4.34. The SMILES string of the molecule is Cc1cc(-c2cccc(C(C)(C)C)c2)cc(C)c1C(C)(C)C. The topological polar surface area (TPSA) is 0 Å². The summed E-state index contributed by atoms with van der Waals surface area (Å²) in [6.45, 7) is 18.2. The van der Waals surface area contributed by atoms with E-state index in [4.69, 9.17) is 0 Å². The Kier molecular flexibility index (Phi) is 4.26. The fraction of sp³-hybridized carbons (Fsp3) is 0.455. The summed E-state index contributed by atoms with van der Waals surface area (Å²) in [5.74, 6) is 0. The molecule has 0 heteroatoms. The second-order valence-corrected chi connectivity index (χ2v) is 8.57. The van der Waals surface area contributed by atoms with E-state index in [0.29, 0.717) is 0 Å². The molecule has 0 heterocycles. The van der Waals surface area contributed by atoms with Gasteiger partial charge in [0.25, 0.3) is 0 Å². The van der Waals surface area contributed by atoms with Gasteiger partial charge in [0.05, 0.1) is 0 Å². The Morgan fingerprint density at radius 2 is 1.18 bits per heavy atom. The van der Waals surface area contributed by atoms with E-state index in [-0.39, 0.29) is 10.8 Å². The molecule has 2 rings (SSSR count). The summed E-state index contributed by atoms with van der Waals surface area (Å²) in [4.78, 5) is 0. The van der Waals surface area contributed by atoms with Crippen molar-refractivity contribution in [3.8, 4) is 11.1 Å². The van der Waals surface area contributed by atoms with Gasteiger partial charge in [0.15, 0.2) is 0 Å². The quantitative estimate of drug-likeness (QED) is 0.558. The number of rotatable bonds is 1. The molecule has 0 aromatic heterocycles. The van der Waals surface area contributed by atoms with Crippen LogP contribution in [0, 0.1) is 13.8 Å². The summed E-state index contributed by atoms with van der Waals surface area (Å²) in [7, 11) is 0. The van der Waals surface area contributed by atoms with E-state index >= 15 is 0 Å². The third-order valence-corrected chi connectivity index (χ3v) is 4.34. The highest BCUT2D eigenvalue weighted by molar-refractivity contribution is 5.67. The van der Waals surface area contributed by atoms with Crippen LogP contribution < -0.4 is 0 Å². The Bertz CT molecular complexity index is 653. The average Bonchev–Trinajstić information content (AvgIpc) is 2.35. The van der Waals surface area contributed by atoms with Crippen molar-refractivity contribution in [2.24, 2.45) is 0 Å². The molecule has 0 amide bonds. The van der Waals surface area contributed by atoms with Crippen LogP contribution >= 0.6 is 0 Å². The normalized spacial score (nSPS) is 12.5. The molecule has 2 aromatic carbocycles. The van der Waals surface area contributed by atoms with E-state index in [1.165, 1.54) is 33.4 Å². The summed E-state index contributed by atoms with van der Waals surface area (Å²) in [5.41, 5.74) is 8.68. The van der Waals surface area contributed by atoms with Crippen LogP contribution in [0.2, 0.25) is 0 Å². The minimum Gasteiger partial charge on any atom is -0.0614 e. The van der Waals surface area contributed by atoms with Crippen LogP contribution in [-0.2, 0) is 10.8 Å². The zero-order valence-corrected chi connectivity index (χ0v) is 15.5. The largest absolute Gasteiger partial charge is 0.0614 e. The number of benzene rings is 2. The van der Waals surface area contributed by atoms with Crippen LogP contribution in [-0.4, -0.2) is 0 Å². The van der Waals surface area contributed by atoms with Crippen molar-refractivity contribution in [1.82, 2.24) is 0 Å². The molecule has 22 heavy (non-hydrogen) atoms. The predicted molar refractivity (Wildman–Crippen MR) is 98.8 cm³/mol. The Balaban J connectivity index is 2.56. The molecule has 0 saturated carbocycles. The van der Waals surface area contributed by atoms with Crippen LogP contribution in [0.3, 0.4) is 0 Å². The van der Waals surface area contributed by atoms with E-state index in [2.05, 4.69) is 91.8 Å². The van der Waals surface area contributed by atoms with Crippen molar-refractivity contribution in [2.75, 3.05) is 0 Å². The zero-order valence-electron chi connectivity index (χ0n) is 15.5. The van der Waals surface area contributed by atoms with Gasteiger partial charge in [-0.1, -0.05) is 77.9 Å². The molecule has 0 radical (unpaired) electrons. The second kappa shape index (κ2) is 5.57. The van der Waals surface area contributed by atoms with Crippen LogP contribution in [0.15, 0.2) is 36.4 Å². The van der Waals surface area contributed by atoms with Crippen molar-refractivity contribution in [1.29, 1.82) is 0 Å². The first-order valence-electron chi connectivity index (χ1n) is 8.23. The van der Waals surface area contributed by atoms with Gasteiger partial charge in [-0.25, -0.2) is 0 Å². The van der Waals surface area contributed by atoms with Gasteiger partial charge in [0.2, 0.25) is 0 Å². The van der Waals surface area contributed by atoms with Gasteiger partial charge in [0, 0.05) is 0 Å². The van der Waals surface area contributed by atoms with Gasteiger partial charge in [0.1, 0.15) is 0 Å². The molecule has 0 bridgehead atoms. The molecule has 0 aliphatic carbocycles. The number of hydrogen-bond acceptors (Lipinski definition) is 0. The van der Waals surface area contributed by atoms with Gasteiger partial charge >= 0.3 is 0 Å². The van der Waals surface area contributed by atoms with Crippen molar-refractivity contribution in [2.45, 2.75) is 66.2 Å². The highest BCUT2D eigenvalue weighted by Gasteiger charge is 2.20. The maximum atomic E-state index is 2.34. The first-order valence-corrected chi connectivity index (χ1v) is 8.23. The lowest BCUT2D eigenvalue weighted by molar-refractivity contribution is 0.582. The summed E-state index contributed by atoms with van der Waals surface area (Å²) < 4.78 is 0.